The van der Waals surface area contributed by atoms with Gasteiger partial charge in [-0.25, -0.2) is 4.79 Å². The topological polar surface area (TPSA) is 74.2 Å². The molecular formula is C17H29N3O2. The van der Waals surface area contributed by atoms with Gasteiger partial charge in [0.05, 0.1) is 12.1 Å². The molecule has 1 heterocycles. The van der Waals surface area contributed by atoms with Crippen LogP contribution in [-0.2, 0) is 0 Å². The average Bonchev–Trinajstić information content (AvgIpc) is 2.42. The van der Waals surface area contributed by atoms with Gasteiger partial charge in [0, 0.05) is 18.9 Å². The third kappa shape index (κ3) is 6.43. The molecule has 0 aromatic carbocycles. The Bertz CT molecular complexity index is 458. The first kappa shape index (κ1) is 18.4. The van der Waals surface area contributed by atoms with E-state index in [0.29, 0.717) is 13.0 Å². The monoisotopic (exact) mass is 307 g/mol. The van der Waals surface area contributed by atoms with Crippen molar-refractivity contribution in [2.45, 2.75) is 53.2 Å². The van der Waals surface area contributed by atoms with Crippen LogP contribution < -0.4 is 10.6 Å². The maximum Gasteiger partial charge on any atom is 0.315 e. The molecule has 0 aliphatic heterocycles. The highest BCUT2D eigenvalue weighted by atomic mass is 16.3. The van der Waals surface area contributed by atoms with Crippen molar-refractivity contribution in [3.63, 3.8) is 0 Å². The summed E-state index contributed by atoms with van der Waals surface area (Å²) in [5.74, 6) is 0.277. The van der Waals surface area contributed by atoms with Gasteiger partial charge in [0.2, 0.25) is 0 Å². The minimum absolute atomic E-state index is 0.0529. The number of rotatable bonds is 7. The van der Waals surface area contributed by atoms with Crippen LogP contribution >= 0.6 is 0 Å². The number of carbonyl (C=O) groups excluding carboxylic acids is 1. The summed E-state index contributed by atoms with van der Waals surface area (Å²) in [4.78, 5) is 16.2. The van der Waals surface area contributed by atoms with Gasteiger partial charge in [-0.1, -0.05) is 27.7 Å². The van der Waals surface area contributed by atoms with Gasteiger partial charge in [0.15, 0.2) is 0 Å². The molecule has 1 aromatic rings. The van der Waals surface area contributed by atoms with E-state index in [9.17, 15) is 9.90 Å². The van der Waals surface area contributed by atoms with Gasteiger partial charge in [-0.05, 0) is 42.4 Å². The molecule has 22 heavy (non-hydrogen) atoms. The van der Waals surface area contributed by atoms with Crippen molar-refractivity contribution in [3.8, 4) is 0 Å². The van der Waals surface area contributed by atoms with Gasteiger partial charge in [0.1, 0.15) is 0 Å². The Morgan fingerprint density at radius 1 is 1.27 bits per heavy atom. The van der Waals surface area contributed by atoms with Crippen molar-refractivity contribution in [3.05, 3.63) is 30.1 Å². The summed E-state index contributed by atoms with van der Waals surface area (Å²) in [6, 6.07) is 3.60. The molecule has 124 valence electrons. The zero-order valence-corrected chi connectivity index (χ0v) is 14.3. The zero-order valence-electron chi connectivity index (χ0n) is 14.3. The molecule has 0 saturated heterocycles. The average molecular weight is 307 g/mol. The Morgan fingerprint density at radius 2 is 1.86 bits per heavy atom. The summed E-state index contributed by atoms with van der Waals surface area (Å²) in [6.07, 6.45) is 3.73. The molecule has 0 unspecified atom stereocenters. The first-order valence-electron chi connectivity index (χ1n) is 7.83. The number of aliphatic hydroxyl groups is 1. The number of nitrogens with zero attached hydrogens (tertiary/aromatic N) is 1. The molecule has 2 atom stereocenters. The van der Waals surface area contributed by atoms with Gasteiger partial charge in [-0.3, -0.25) is 4.98 Å². The highest BCUT2D eigenvalue weighted by Crippen LogP contribution is 2.22. The lowest BCUT2D eigenvalue weighted by molar-refractivity contribution is 0.128. The van der Waals surface area contributed by atoms with Crippen LogP contribution in [0, 0.1) is 11.3 Å². The largest absolute Gasteiger partial charge is 0.393 e. The van der Waals surface area contributed by atoms with Crippen molar-refractivity contribution in [1.29, 1.82) is 0 Å². The Morgan fingerprint density at radius 3 is 2.36 bits per heavy atom. The third-order valence-electron chi connectivity index (χ3n) is 3.59. The fraction of sp³-hybridized carbons (Fsp3) is 0.647. The SMILES string of the molecule is CC(C)[C@H](NC(=O)NCC(C)(C)C[C@H](C)O)c1ccncc1. The molecule has 3 N–H and O–H groups in total. The highest BCUT2D eigenvalue weighted by Gasteiger charge is 2.23. The van der Waals surface area contributed by atoms with E-state index in [1.165, 1.54) is 0 Å². The summed E-state index contributed by atoms with van der Waals surface area (Å²) in [6.45, 7) is 10.5. The van der Waals surface area contributed by atoms with E-state index in [-0.39, 0.29) is 29.5 Å². The molecular weight excluding hydrogens is 278 g/mol. The van der Waals surface area contributed by atoms with E-state index in [1.54, 1.807) is 19.3 Å². The van der Waals surface area contributed by atoms with Crippen molar-refractivity contribution in [2.75, 3.05) is 6.54 Å². The number of nitrogens with one attached hydrogen (secondary N) is 2. The molecule has 1 rings (SSSR count). The van der Waals surface area contributed by atoms with Crippen molar-refractivity contribution < 1.29 is 9.90 Å². The van der Waals surface area contributed by atoms with Crippen molar-refractivity contribution >= 4 is 6.03 Å². The van der Waals surface area contributed by atoms with E-state index < -0.39 is 0 Å². The second-order valence-corrected chi connectivity index (χ2v) is 7.05. The molecule has 5 heteroatoms. The van der Waals surface area contributed by atoms with Crippen molar-refractivity contribution in [1.82, 2.24) is 15.6 Å². The lowest BCUT2D eigenvalue weighted by Gasteiger charge is -2.28. The van der Waals surface area contributed by atoms with Crippen LogP contribution in [0.15, 0.2) is 24.5 Å². The number of urea groups is 1. The van der Waals surface area contributed by atoms with E-state index in [1.807, 2.05) is 26.0 Å². The van der Waals surface area contributed by atoms with Gasteiger partial charge in [-0.2, -0.15) is 0 Å². The van der Waals surface area contributed by atoms with Gasteiger partial charge in [-0.15, -0.1) is 0 Å². The van der Waals surface area contributed by atoms with Crippen LogP contribution in [0.4, 0.5) is 4.79 Å². The van der Waals surface area contributed by atoms with Crippen molar-refractivity contribution in [2.24, 2.45) is 11.3 Å². The first-order chi connectivity index (χ1) is 10.2. The van der Waals surface area contributed by atoms with E-state index in [0.717, 1.165) is 5.56 Å². The lowest BCUT2D eigenvalue weighted by Crippen LogP contribution is -2.43. The number of hydrogen-bond donors (Lipinski definition) is 3. The molecule has 5 nitrogen and oxygen atoms in total. The second-order valence-electron chi connectivity index (χ2n) is 7.05. The standard InChI is InChI=1S/C17H29N3O2/c1-12(2)15(14-6-8-18-9-7-14)20-16(22)19-11-17(4,5)10-13(3)21/h6-9,12-13,15,21H,10-11H2,1-5H3,(H2,19,20,22)/t13-,15-/m0/s1. The van der Waals surface area contributed by atoms with Gasteiger partial charge < -0.3 is 15.7 Å². The van der Waals surface area contributed by atoms with Crippen LogP contribution in [0.5, 0.6) is 0 Å². The van der Waals surface area contributed by atoms with Crippen LogP contribution in [0.1, 0.15) is 52.6 Å². The summed E-state index contributed by atoms with van der Waals surface area (Å²) >= 11 is 0. The summed E-state index contributed by atoms with van der Waals surface area (Å²) in [5, 5.41) is 15.4. The quantitative estimate of drug-likeness (QED) is 0.725. The summed E-state index contributed by atoms with van der Waals surface area (Å²) in [5.41, 5.74) is 0.901. The first-order valence-corrected chi connectivity index (χ1v) is 7.83. The predicted octanol–water partition coefficient (Wildman–Crippen LogP) is 2.88. The molecule has 0 fully saturated rings. The number of aromatic nitrogens is 1. The normalized spacial score (nSPS) is 14.5. The highest BCUT2D eigenvalue weighted by molar-refractivity contribution is 5.74. The maximum absolute atomic E-state index is 12.2. The Hall–Kier alpha value is -1.62. The Balaban J connectivity index is 2.58. The van der Waals surface area contributed by atoms with E-state index >= 15 is 0 Å². The number of pyridine rings is 1. The molecule has 0 bridgehead atoms. The predicted molar refractivity (Wildman–Crippen MR) is 88.4 cm³/mol. The van der Waals surface area contributed by atoms with E-state index in [2.05, 4.69) is 29.5 Å². The number of aliphatic hydroxyl groups excluding tert-OH is 1. The zero-order chi connectivity index (χ0) is 16.8. The lowest BCUT2D eigenvalue weighted by atomic mass is 9.87. The number of hydrogen-bond acceptors (Lipinski definition) is 3. The fourth-order valence-corrected chi connectivity index (χ4v) is 2.59. The van der Waals surface area contributed by atoms with Crippen LogP contribution in [-0.4, -0.2) is 28.8 Å². The number of amides is 2. The minimum atomic E-state index is -0.375. The minimum Gasteiger partial charge on any atom is -0.393 e. The van der Waals surface area contributed by atoms with E-state index in [4.69, 9.17) is 0 Å². The second kappa shape index (κ2) is 8.13. The van der Waals surface area contributed by atoms with Crippen LogP contribution in [0.3, 0.4) is 0 Å². The summed E-state index contributed by atoms with van der Waals surface area (Å²) < 4.78 is 0. The Kier molecular flexibility index (Phi) is 6.81. The van der Waals surface area contributed by atoms with Gasteiger partial charge in [0.25, 0.3) is 0 Å². The summed E-state index contributed by atoms with van der Waals surface area (Å²) in [7, 11) is 0. The molecule has 0 aliphatic rings. The van der Waals surface area contributed by atoms with Gasteiger partial charge >= 0.3 is 6.03 Å². The molecule has 0 spiro atoms. The molecule has 0 saturated carbocycles. The molecule has 2 amide bonds. The van der Waals surface area contributed by atoms with Crippen LogP contribution in [0.25, 0.3) is 0 Å². The number of carbonyl (C=O) groups is 1. The molecule has 1 aromatic heterocycles. The molecule has 0 aliphatic carbocycles. The smallest absolute Gasteiger partial charge is 0.315 e. The third-order valence-corrected chi connectivity index (χ3v) is 3.59. The molecule has 0 radical (unpaired) electrons. The Labute approximate surface area is 133 Å². The van der Waals surface area contributed by atoms with Crippen LogP contribution in [0.2, 0.25) is 0 Å². The maximum atomic E-state index is 12.2. The fourth-order valence-electron chi connectivity index (χ4n) is 2.59.